The molecule has 0 spiro atoms. The molecule has 0 bridgehead atoms. The lowest BCUT2D eigenvalue weighted by Crippen LogP contribution is -2.44. The molecule has 1 aliphatic rings. The fraction of sp³-hybridized carbons (Fsp3) is 0.786. The molecule has 1 aromatic rings. The Bertz CT molecular complexity index is 341. The normalized spacial score (nSPS) is 17.5. The standard InChI is InChI=1S/C14H26N4/c1-3-8-17(14-4-6-15-7-5-14)9-10-18-12-13(2)11-16-18/h11-12,14-15H,3-10H2,1-2H3. The van der Waals surface area contributed by atoms with Gasteiger partial charge in [-0.2, -0.15) is 5.10 Å². The predicted octanol–water partition coefficient (Wildman–Crippen LogP) is 1.66. The summed E-state index contributed by atoms with van der Waals surface area (Å²) in [6, 6.07) is 0.767. The molecule has 0 aromatic carbocycles. The molecule has 18 heavy (non-hydrogen) atoms. The first-order valence-electron chi connectivity index (χ1n) is 7.23. The van der Waals surface area contributed by atoms with E-state index in [2.05, 4.69) is 40.0 Å². The van der Waals surface area contributed by atoms with Gasteiger partial charge in [0, 0.05) is 18.8 Å². The Morgan fingerprint density at radius 1 is 1.39 bits per heavy atom. The highest BCUT2D eigenvalue weighted by atomic mass is 15.3. The van der Waals surface area contributed by atoms with Gasteiger partial charge < -0.3 is 5.32 Å². The Hall–Kier alpha value is -0.870. The average Bonchev–Trinajstić information content (AvgIpc) is 2.81. The first kappa shape index (κ1) is 13.6. The fourth-order valence-electron chi connectivity index (χ4n) is 2.76. The van der Waals surface area contributed by atoms with Crippen molar-refractivity contribution in [3.63, 3.8) is 0 Å². The largest absolute Gasteiger partial charge is 0.317 e. The third-order valence-electron chi connectivity index (χ3n) is 3.71. The lowest BCUT2D eigenvalue weighted by molar-refractivity contribution is 0.154. The smallest absolute Gasteiger partial charge is 0.0536 e. The van der Waals surface area contributed by atoms with Gasteiger partial charge in [-0.3, -0.25) is 9.58 Å². The molecule has 0 amide bonds. The zero-order valence-corrected chi connectivity index (χ0v) is 11.7. The second-order valence-corrected chi connectivity index (χ2v) is 5.30. The molecule has 2 rings (SSSR count). The maximum absolute atomic E-state index is 4.37. The number of hydrogen-bond donors (Lipinski definition) is 1. The molecular weight excluding hydrogens is 224 g/mol. The van der Waals surface area contributed by atoms with E-state index in [1.54, 1.807) is 0 Å². The SMILES string of the molecule is CCCN(CCn1cc(C)cn1)C1CCNCC1. The van der Waals surface area contributed by atoms with Crippen molar-refractivity contribution >= 4 is 0 Å². The van der Waals surface area contributed by atoms with Crippen molar-refractivity contribution < 1.29 is 0 Å². The molecule has 1 fully saturated rings. The number of rotatable bonds is 6. The number of nitrogens with one attached hydrogen (secondary N) is 1. The number of hydrogen-bond acceptors (Lipinski definition) is 3. The van der Waals surface area contributed by atoms with Crippen LogP contribution >= 0.6 is 0 Å². The van der Waals surface area contributed by atoms with Crippen molar-refractivity contribution in [2.24, 2.45) is 0 Å². The van der Waals surface area contributed by atoms with Crippen molar-refractivity contribution in [2.45, 2.75) is 45.7 Å². The van der Waals surface area contributed by atoms with Crippen LogP contribution in [0.15, 0.2) is 12.4 Å². The van der Waals surface area contributed by atoms with Crippen LogP contribution in [0.25, 0.3) is 0 Å². The Labute approximate surface area is 110 Å². The molecule has 4 heteroatoms. The molecule has 1 saturated heterocycles. The van der Waals surface area contributed by atoms with Crippen LogP contribution in [0.5, 0.6) is 0 Å². The molecular formula is C14H26N4. The number of aryl methyl sites for hydroxylation is 1. The molecule has 1 N–H and O–H groups in total. The molecule has 0 saturated carbocycles. The van der Waals surface area contributed by atoms with E-state index in [0.29, 0.717) is 0 Å². The Balaban J connectivity index is 1.85. The first-order chi connectivity index (χ1) is 8.79. The summed E-state index contributed by atoms with van der Waals surface area (Å²) in [7, 11) is 0. The van der Waals surface area contributed by atoms with E-state index in [4.69, 9.17) is 0 Å². The summed E-state index contributed by atoms with van der Waals surface area (Å²) in [5.41, 5.74) is 1.25. The lowest BCUT2D eigenvalue weighted by atomic mass is 10.0. The fourth-order valence-corrected chi connectivity index (χ4v) is 2.76. The van der Waals surface area contributed by atoms with E-state index >= 15 is 0 Å². The Morgan fingerprint density at radius 2 is 2.17 bits per heavy atom. The monoisotopic (exact) mass is 250 g/mol. The van der Waals surface area contributed by atoms with Crippen LogP contribution in [0, 0.1) is 6.92 Å². The summed E-state index contributed by atoms with van der Waals surface area (Å²) in [6.45, 7) is 10.1. The summed E-state index contributed by atoms with van der Waals surface area (Å²) in [5.74, 6) is 0. The van der Waals surface area contributed by atoms with Crippen LogP contribution in [0.1, 0.15) is 31.7 Å². The van der Waals surface area contributed by atoms with E-state index in [1.165, 1.54) is 44.5 Å². The van der Waals surface area contributed by atoms with E-state index in [9.17, 15) is 0 Å². The van der Waals surface area contributed by atoms with Gasteiger partial charge in [-0.1, -0.05) is 6.92 Å². The molecule has 102 valence electrons. The van der Waals surface area contributed by atoms with Gasteiger partial charge in [0.2, 0.25) is 0 Å². The van der Waals surface area contributed by atoms with Gasteiger partial charge >= 0.3 is 0 Å². The second kappa shape index (κ2) is 6.90. The number of nitrogens with zero attached hydrogens (tertiary/aromatic N) is 3. The minimum atomic E-state index is 0.767. The van der Waals surface area contributed by atoms with Crippen LogP contribution in [-0.4, -0.2) is 46.9 Å². The molecule has 0 radical (unpaired) electrons. The van der Waals surface area contributed by atoms with Crippen LogP contribution < -0.4 is 5.32 Å². The summed E-state index contributed by atoms with van der Waals surface area (Å²) in [6.07, 6.45) is 7.89. The summed E-state index contributed by atoms with van der Waals surface area (Å²) < 4.78 is 2.07. The number of aromatic nitrogens is 2. The van der Waals surface area contributed by atoms with Gasteiger partial charge in [0.15, 0.2) is 0 Å². The van der Waals surface area contributed by atoms with Crippen LogP contribution in [-0.2, 0) is 6.54 Å². The highest BCUT2D eigenvalue weighted by Crippen LogP contribution is 2.12. The van der Waals surface area contributed by atoms with Gasteiger partial charge in [-0.15, -0.1) is 0 Å². The van der Waals surface area contributed by atoms with Crippen molar-refractivity contribution in [2.75, 3.05) is 26.2 Å². The number of piperidine rings is 1. The second-order valence-electron chi connectivity index (χ2n) is 5.30. The van der Waals surface area contributed by atoms with Crippen LogP contribution in [0.2, 0.25) is 0 Å². The van der Waals surface area contributed by atoms with E-state index < -0.39 is 0 Å². The summed E-state index contributed by atoms with van der Waals surface area (Å²) in [5, 5.41) is 7.82. The van der Waals surface area contributed by atoms with Gasteiger partial charge in [0.25, 0.3) is 0 Å². The Morgan fingerprint density at radius 3 is 2.78 bits per heavy atom. The Kier molecular flexibility index (Phi) is 5.20. The van der Waals surface area contributed by atoms with Gasteiger partial charge in [0.1, 0.15) is 0 Å². The highest BCUT2D eigenvalue weighted by molar-refractivity contribution is 4.99. The van der Waals surface area contributed by atoms with E-state index in [1.807, 2.05) is 6.20 Å². The van der Waals surface area contributed by atoms with Crippen molar-refractivity contribution in [1.29, 1.82) is 0 Å². The molecule has 0 unspecified atom stereocenters. The molecule has 4 nitrogen and oxygen atoms in total. The predicted molar refractivity (Wildman–Crippen MR) is 74.7 cm³/mol. The molecule has 0 atom stereocenters. The lowest BCUT2D eigenvalue weighted by Gasteiger charge is -2.34. The quantitative estimate of drug-likeness (QED) is 0.833. The van der Waals surface area contributed by atoms with E-state index in [0.717, 1.165) is 19.1 Å². The van der Waals surface area contributed by atoms with Gasteiger partial charge in [-0.25, -0.2) is 0 Å². The maximum Gasteiger partial charge on any atom is 0.0536 e. The van der Waals surface area contributed by atoms with Gasteiger partial charge in [0.05, 0.1) is 12.7 Å². The minimum absolute atomic E-state index is 0.767. The average molecular weight is 250 g/mol. The molecule has 1 aliphatic heterocycles. The third-order valence-corrected chi connectivity index (χ3v) is 3.71. The third kappa shape index (κ3) is 3.82. The summed E-state index contributed by atoms with van der Waals surface area (Å²) in [4.78, 5) is 2.65. The molecule has 2 heterocycles. The van der Waals surface area contributed by atoms with E-state index in [-0.39, 0.29) is 0 Å². The van der Waals surface area contributed by atoms with Crippen molar-refractivity contribution in [3.05, 3.63) is 18.0 Å². The first-order valence-corrected chi connectivity index (χ1v) is 7.23. The van der Waals surface area contributed by atoms with Crippen molar-refractivity contribution in [1.82, 2.24) is 20.0 Å². The zero-order valence-electron chi connectivity index (χ0n) is 11.7. The maximum atomic E-state index is 4.37. The van der Waals surface area contributed by atoms with Crippen molar-refractivity contribution in [3.8, 4) is 0 Å². The van der Waals surface area contributed by atoms with Gasteiger partial charge in [-0.05, 0) is 51.4 Å². The zero-order chi connectivity index (χ0) is 12.8. The highest BCUT2D eigenvalue weighted by Gasteiger charge is 2.19. The molecule has 1 aromatic heterocycles. The van der Waals surface area contributed by atoms with Crippen LogP contribution in [0.4, 0.5) is 0 Å². The molecule has 0 aliphatic carbocycles. The minimum Gasteiger partial charge on any atom is -0.317 e. The van der Waals surface area contributed by atoms with Crippen LogP contribution in [0.3, 0.4) is 0 Å². The topological polar surface area (TPSA) is 33.1 Å². The summed E-state index contributed by atoms with van der Waals surface area (Å²) >= 11 is 0.